The number of halogens is 1. The summed E-state index contributed by atoms with van der Waals surface area (Å²) in [6, 6.07) is 12.1. The van der Waals surface area contributed by atoms with Crippen LogP contribution < -0.4 is 10.2 Å². The van der Waals surface area contributed by atoms with Gasteiger partial charge in [0, 0.05) is 11.1 Å². The van der Waals surface area contributed by atoms with Crippen LogP contribution in [-0.4, -0.2) is 28.3 Å². The third-order valence-electron chi connectivity index (χ3n) is 4.08. The van der Waals surface area contributed by atoms with Crippen molar-refractivity contribution in [1.82, 2.24) is 10.4 Å². The van der Waals surface area contributed by atoms with Gasteiger partial charge in [0.25, 0.3) is 11.8 Å². The van der Waals surface area contributed by atoms with Crippen molar-refractivity contribution in [3.8, 4) is 17.1 Å². The fraction of sp³-hybridized carbons (Fsp3) is 0.0500. The summed E-state index contributed by atoms with van der Waals surface area (Å²) in [6.07, 6.45) is 1.58. The summed E-state index contributed by atoms with van der Waals surface area (Å²) in [5, 5.41) is 3.39. The van der Waals surface area contributed by atoms with E-state index >= 15 is 0 Å². The Kier molecular flexibility index (Phi) is 5.96. The average Bonchev–Trinajstić information content (AvgIpc) is 3.47. The first-order valence-electron chi connectivity index (χ1n) is 8.52. The third kappa shape index (κ3) is 4.15. The largest absolute Gasteiger partial charge is 0.496 e. The third-order valence-corrected chi connectivity index (χ3v) is 6.49. The number of hydrogen-bond acceptors (Lipinski definition) is 7. The Hall–Kier alpha value is -2.59. The Morgan fingerprint density at radius 2 is 2.13 bits per heavy atom. The van der Waals surface area contributed by atoms with Gasteiger partial charge in [0.1, 0.15) is 17.3 Å². The first-order chi connectivity index (χ1) is 14.5. The van der Waals surface area contributed by atoms with Crippen LogP contribution in [0.15, 0.2) is 57.2 Å². The van der Waals surface area contributed by atoms with Gasteiger partial charge in [0.2, 0.25) is 0 Å². The molecule has 152 valence electrons. The number of hydrogen-bond donors (Lipinski definition) is 1. The normalized spacial score (nSPS) is 15.1. The molecule has 1 aromatic carbocycles. The molecule has 3 aromatic rings. The Bertz CT molecular complexity index is 1170. The van der Waals surface area contributed by atoms with E-state index in [1.54, 1.807) is 61.0 Å². The molecule has 1 aliphatic rings. The van der Waals surface area contributed by atoms with Crippen molar-refractivity contribution in [2.45, 2.75) is 0 Å². The molecule has 0 saturated carbocycles. The summed E-state index contributed by atoms with van der Waals surface area (Å²) in [5.74, 6) is 0.797. The number of carbonyl (C=O) groups excluding carboxylic acids is 2. The van der Waals surface area contributed by atoms with Gasteiger partial charge in [-0.3, -0.25) is 15.0 Å². The monoisotopic (exact) mass is 476 g/mol. The highest BCUT2D eigenvalue weighted by Gasteiger charge is 2.34. The van der Waals surface area contributed by atoms with Gasteiger partial charge in [0.15, 0.2) is 4.32 Å². The number of thiocarbonyl (C=S) groups is 1. The zero-order valence-corrected chi connectivity index (χ0v) is 18.6. The molecule has 1 fully saturated rings. The molecule has 30 heavy (non-hydrogen) atoms. The minimum atomic E-state index is -0.423. The van der Waals surface area contributed by atoms with Crippen LogP contribution >= 0.6 is 46.9 Å². The highest BCUT2D eigenvalue weighted by molar-refractivity contribution is 8.26. The molecule has 0 radical (unpaired) electrons. The molecular weight excluding hydrogens is 464 g/mol. The molecule has 1 aliphatic heterocycles. The Balaban J connectivity index is 1.55. The number of benzene rings is 1. The minimum absolute atomic E-state index is 0.236. The average molecular weight is 477 g/mol. The highest BCUT2D eigenvalue weighted by Crippen LogP contribution is 2.36. The number of thiophene rings is 1. The standard InChI is InChI=1S/C20H13ClN2O4S3/c1-26-14-6-4-11(21)9-13(14)15-7-5-12(27-15)10-17-19(25)23(20(28)30-17)22-18(24)16-3-2-8-29-16/h2-10H,1H3,(H,22,24). The molecule has 0 bridgehead atoms. The van der Waals surface area contributed by atoms with E-state index in [1.807, 2.05) is 0 Å². The molecule has 6 nitrogen and oxygen atoms in total. The lowest BCUT2D eigenvalue weighted by Gasteiger charge is -2.14. The van der Waals surface area contributed by atoms with E-state index in [0.29, 0.717) is 37.6 Å². The number of methoxy groups -OCH3 is 1. The minimum Gasteiger partial charge on any atom is -0.496 e. The first-order valence-corrected chi connectivity index (χ1v) is 11.0. The number of hydrazine groups is 1. The van der Waals surface area contributed by atoms with Crippen LogP contribution in [0.5, 0.6) is 5.75 Å². The van der Waals surface area contributed by atoms with E-state index in [4.69, 9.17) is 33.0 Å². The number of nitrogens with zero attached hydrogens (tertiary/aromatic N) is 1. The smallest absolute Gasteiger partial charge is 0.285 e. The van der Waals surface area contributed by atoms with E-state index in [1.165, 1.54) is 11.3 Å². The van der Waals surface area contributed by atoms with Gasteiger partial charge >= 0.3 is 0 Å². The van der Waals surface area contributed by atoms with Gasteiger partial charge in [0.05, 0.1) is 22.5 Å². The molecule has 10 heteroatoms. The second-order valence-corrected chi connectivity index (χ2v) is 9.04. The summed E-state index contributed by atoms with van der Waals surface area (Å²) in [5.41, 5.74) is 3.23. The predicted octanol–water partition coefficient (Wildman–Crippen LogP) is 5.22. The van der Waals surface area contributed by atoms with Gasteiger partial charge in [-0.15, -0.1) is 11.3 Å². The Morgan fingerprint density at radius 3 is 2.87 bits per heavy atom. The van der Waals surface area contributed by atoms with Crippen molar-refractivity contribution in [1.29, 1.82) is 0 Å². The SMILES string of the molecule is COc1ccc(Cl)cc1-c1ccc(C=C2SC(=S)N(NC(=O)c3cccs3)C2=O)o1. The van der Waals surface area contributed by atoms with Crippen molar-refractivity contribution in [3.05, 3.63) is 68.4 Å². The van der Waals surface area contributed by atoms with Gasteiger partial charge < -0.3 is 9.15 Å². The topological polar surface area (TPSA) is 71.8 Å². The maximum atomic E-state index is 12.7. The molecule has 4 rings (SSSR count). The van der Waals surface area contributed by atoms with Gasteiger partial charge in [-0.25, -0.2) is 0 Å². The molecular formula is C20H13ClN2O4S3. The van der Waals surface area contributed by atoms with Crippen molar-refractivity contribution in [2.75, 3.05) is 7.11 Å². The second kappa shape index (κ2) is 8.65. The molecule has 2 aromatic heterocycles. The number of nitrogens with one attached hydrogen (secondary N) is 1. The molecule has 0 spiro atoms. The van der Waals surface area contributed by atoms with Crippen molar-refractivity contribution >= 4 is 69.1 Å². The van der Waals surface area contributed by atoms with E-state index in [2.05, 4.69) is 5.43 Å². The zero-order valence-electron chi connectivity index (χ0n) is 15.4. The number of ether oxygens (including phenoxy) is 1. The van der Waals surface area contributed by atoms with E-state index in [-0.39, 0.29) is 4.32 Å². The van der Waals surface area contributed by atoms with Gasteiger partial charge in [-0.05, 0) is 54.0 Å². The van der Waals surface area contributed by atoms with E-state index in [9.17, 15) is 9.59 Å². The number of thioether (sulfide) groups is 1. The maximum Gasteiger partial charge on any atom is 0.285 e. The van der Waals surface area contributed by atoms with E-state index in [0.717, 1.165) is 16.8 Å². The number of furan rings is 1. The zero-order chi connectivity index (χ0) is 21.3. The summed E-state index contributed by atoms with van der Waals surface area (Å²) < 4.78 is 11.5. The fourth-order valence-electron chi connectivity index (χ4n) is 2.71. The van der Waals surface area contributed by atoms with Crippen LogP contribution in [0.4, 0.5) is 0 Å². The lowest BCUT2D eigenvalue weighted by molar-refractivity contribution is -0.123. The fourth-order valence-corrected chi connectivity index (χ4v) is 4.65. The van der Waals surface area contributed by atoms with Gasteiger partial charge in [-0.1, -0.05) is 29.4 Å². The van der Waals surface area contributed by atoms with Crippen LogP contribution in [0, 0.1) is 0 Å². The molecule has 0 atom stereocenters. The molecule has 1 N–H and O–H groups in total. The van der Waals surface area contributed by atoms with Crippen molar-refractivity contribution < 1.29 is 18.7 Å². The molecule has 0 unspecified atom stereocenters. The van der Waals surface area contributed by atoms with Crippen LogP contribution in [0.3, 0.4) is 0 Å². The molecule has 3 heterocycles. The quantitative estimate of drug-likeness (QED) is 0.402. The van der Waals surface area contributed by atoms with Crippen LogP contribution in [0.2, 0.25) is 5.02 Å². The summed E-state index contributed by atoms with van der Waals surface area (Å²) in [4.78, 5) is 25.8. The number of carbonyl (C=O) groups is 2. The van der Waals surface area contributed by atoms with Crippen molar-refractivity contribution in [2.24, 2.45) is 0 Å². The van der Waals surface area contributed by atoms with Gasteiger partial charge in [-0.2, -0.15) is 5.01 Å². The summed E-state index contributed by atoms with van der Waals surface area (Å²) in [6.45, 7) is 0. The molecule has 0 aliphatic carbocycles. The summed E-state index contributed by atoms with van der Waals surface area (Å²) in [7, 11) is 1.56. The number of rotatable bonds is 5. The maximum absolute atomic E-state index is 12.7. The lowest BCUT2D eigenvalue weighted by Crippen LogP contribution is -2.44. The predicted molar refractivity (Wildman–Crippen MR) is 123 cm³/mol. The second-order valence-electron chi connectivity index (χ2n) is 5.98. The Morgan fingerprint density at radius 1 is 1.30 bits per heavy atom. The van der Waals surface area contributed by atoms with Crippen LogP contribution in [-0.2, 0) is 4.79 Å². The lowest BCUT2D eigenvalue weighted by atomic mass is 10.1. The number of amides is 2. The highest BCUT2D eigenvalue weighted by atomic mass is 35.5. The first kappa shape index (κ1) is 20.7. The van der Waals surface area contributed by atoms with Crippen molar-refractivity contribution in [3.63, 3.8) is 0 Å². The Labute approximate surface area is 190 Å². The summed E-state index contributed by atoms with van der Waals surface area (Å²) >= 11 is 13.7. The van der Waals surface area contributed by atoms with Crippen LogP contribution in [0.25, 0.3) is 17.4 Å². The molecule has 2 amide bonds. The van der Waals surface area contributed by atoms with Crippen LogP contribution in [0.1, 0.15) is 15.4 Å². The van der Waals surface area contributed by atoms with E-state index < -0.39 is 11.8 Å². The molecule has 1 saturated heterocycles.